The van der Waals surface area contributed by atoms with Crippen molar-refractivity contribution in [1.82, 2.24) is 0 Å². The molecule has 0 spiro atoms. The second-order valence-corrected chi connectivity index (χ2v) is 7.35. The van der Waals surface area contributed by atoms with Crippen molar-refractivity contribution in [2.24, 2.45) is 0 Å². The topological polar surface area (TPSA) is 74.6 Å². The van der Waals surface area contributed by atoms with Gasteiger partial charge in [0, 0.05) is 17.1 Å². The molecule has 0 aromatic rings. The van der Waals surface area contributed by atoms with Crippen molar-refractivity contribution < 1.29 is 151 Å². The summed E-state index contributed by atoms with van der Waals surface area (Å²) in [4.78, 5) is 19.3. The standard InChI is InChI=1S/2C7HF13O2.Cu/c2*8-2(9,1(21)22)3(10,11)4(12,13)5(14,15)6(16,17)7(18,19)20;/h2*(H,21,22);. The van der Waals surface area contributed by atoms with Crippen molar-refractivity contribution in [3.8, 4) is 0 Å². The Morgan fingerprint density at radius 2 is 0.422 bits per heavy atom. The van der Waals surface area contributed by atoms with Crippen LogP contribution in [0.2, 0.25) is 0 Å². The van der Waals surface area contributed by atoms with Gasteiger partial charge in [0.15, 0.2) is 0 Å². The number of hydrogen-bond donors (Lipinski definition) is 2. The fraction of sp³-hybridized carbons (Fsp3) is 0.857. The van der Waals surface area contributed by atoms with Crippen molar-refractivity contribution in [3.05, 3.63) is 0 Å². The van der Waals surface area contributed by atoms with Crippen molar-refractivity contribution in [3.63, 3.8) is 0 Å². The fourth-order valence-corrected chi connectivity index (χ4v) is 1.81. The van der Waals surface area contributed by atoms with Gasteiger partial charge >= 0.3 is 83.5 Å². The Hall–Kier alpha value is -2.36. The molecule has 31 heteroatoms. The van der Waals surface area contributed by atoms with Gasteiger partial charge in [0.25, 0.3) is 0 Å². The summed E-state index contributed by atoms with van der Waals surface area (Å²) in [5.41, 5.74) is 0. The average molecular weight is 792 g/mol. The Morgan fingerprint density at radius 1 is 0.289 bits per heavy atom. The molecule has 45 heavy (non-hydrogen) atoms. The van der Waals surface area contributed by atoms with Gasteiger partial charge in [-0.1, -0.05) is 0 Å². The number of alkyl halides is 26. The van der Waals surface area contributed by atoms with Gasteiger partial charge in [-0.05, 0) is 0 Å². The number of carbonyl (C=O) groups is 2. The van der Waals surface area contributed by atoms with E-state index in [1.807, 2.05) is 0 Å². The second-order valence-electron chi connectivity index (χ2n) is 7.35. The van der Waals surface area contributed by atoms with Gasteiger partial charge in [-0.15, -0.1) is 0 Å². The van der Waals surface area contributed by atoms with Crippen LogP contribution in [0.25, 0.3) is 0 Å². The Balaban J connectivity index is -0.000000767. The molecule has 0 bridgehead atoms. The summed E-state index contributed by atoms with van der Waals surface area (Å²) in [5.74, 6) is -86.0. The molecular weight excluding hydrogens is 790 g/mol. The second kappa shape index (κ2) is 12.0. The monoisotopic (exact) mass is 791 g/mol. The van der Waals surface area contributed by atoms with Crippen LogP contribution in [0, 0.1) is 0 Å². The summed E-state index contributed by atoms with van der Waals surface area (Å²) < 4.78 is 319. The molecule has 4 nitrogen and oxygen atoms in total. The fourth-order valence-electron chi connectivity index (χ4n) is 1.81. The first-order valence-electron chi connectivity index (χ1n) is 8.77. The van der Waals surface area contributed by atoms with Crippen molar-refractivity contribution >= 4 is 11.9 Å². The van der Waals surface area contributed by atoms with Crippen LogP contribution in [0.5, 0.6) is 0 Å². The number of rotatable bonds is 10. The van der Waals surface area contributed by atoms with Crippen LogP contribution >= 0.6 is 0 Å². The third-order valence-electron chi connectivity index (χ3n) is 4.40. The van der Waals surface area contributed by atoms with E-state index in [9.17, 15) is 124 Å². The van der Waals surface area contributed by atoms with E-state index in [2.05, 4.69) is 0 Å². The van der Waals surface area contributed by atoms with Crippen LogP contribution in [0.4, 0.5) is 114 Å². The molecule has 0 aliphatic rings. The molecule has 0 heterocycles. The summed E-state index contributed by atoms with van der Waals surface area (Å²) in [6.07, 6.45) is -15.0. The van der Waals surface area contributed by atoms with Gasteiger partial charge in [-0.25, -0.2) is 9.59 Å². The maximum atomic E-state index is 12.6. The van der Waals surface area contributed by atoms with Gasteiger partial charge < -0.3 is 10.2 Å². The number of carboxylic acid groups (broad SMARTS) is 2. The molecule has 2 N–H and O–H groups in total. The largest absolute Gasteiger partial charge is 0.477 e. The quantitative estimate of drug-likeness (QED) is 0.177. The van der Waals surface area contributed by atoms with E-state index in [-0.39, 0.29) is 17.1 Å². The molecular formula is C14H2CuF26O4. The van der Waals surface area contributed by atoms with Crippen LogP contribution in [-0.4, -0.2) is 93.7 Å². The SMILES string of the molecule is O=C(O)C(F)(F)C(F)(F)C(F)(F)C(F)(F)C(F)(F)C(F)(F)F.O=C(O)C(F)(F)C(F)(F)C(F)(F)C(F)(F)C(F)(F)C(F)(F)F.[Cu]. The molecule has 1 radical (unpaired) electrons. The molecule has 0 aromatic heterocycles. The van der Waals surface area contributed by atoms with Crippen molar-refractivity contribution in [2.45, 2.75) is 71.6 Å². The molecule has 0 aromatic carbocycles. The first-order valence-corrected chi connectivity index (χ1v) is 8.77. The smallest absolute Gasteiger partial charge is 0.460 e. The van der Waals surface area contributed by atoms with Gasteiger partial charge in [0.1, 0.15) is 0 Å². The van der Waals surface area contributed by atoms with E-state index < -0.39 is 83.5 Å². The van der Waals surface area contributed by atoms with Gasteiger partial charge in [0.05, 0.1) is 0 Å². The normalized spacial score (nSPS) is 15.5. The number of aliphatic carboxylic acids is 2. The third-order valence-corrected chi connectivity index (χ3v) is 4.40. The Labute approximate surface area is 235 Å². The summed E-state index contributed by atoms with van der Waals surface area (Å²) in [5, 5.41) is 15.1. The molecule has 275 valence electrons. The zero-order valence-electron chi connectivity index (χ0n) is 18.8. The minimum atomic E-state index is -8.08. The minimum absolute atomic E-state index is 0. The number of carboxylic acids is 2. The Bertz CT molecular complexity index is 987. The maximum absolute atomic E-state index is 12.6. The first kappa shape index (κ1) is 47.1. The maximum Gasteiger partial charge on any atom is 0.460 e. The van der Waals surface area contributed by atoms with Crippen molar-refractivity contribution in [1.29, 1.82) is 0 Å². The van der Waals surface area contributed by atoms with Crippen LogP contribution in [0.15, 0.2) is 0 Å². The molecule has 0 amide bonds. The molecule has 0 aliphatic carbocycles. The summed E-state index contributed by atoms with van der Waals surface area (Å²) in [6, 6.07) is 0. The summed E-state index contributed by atoms with van der Waals surface area (Å²) >= 11 is 0. The Kier molecular flexibility index (Phi) is 12.6. The molecule has 0 unspecified atom stereocenters. The molecule has 0 rings (SSSR count). The van der Waals surface area contributed by atoms with Gasteiger partial charge in [-0.3, -0.25) is 0 Å². The van der Waals surface area contributed by atoms with E-state index in [4.69, 9.17) is 10.2 Å². The van der Waals surface area contributed by atoms with E-state index in [1.54, 1.807) is 0 Å². The van der Waals surface area contributed by atoms with E-state index in [0.29, 0.717) is 0 Å². The Morgan fingerprint density at radius 3 is 0.533 bits per heavy atom. The number of hydrogen-bond acceptors (Lipinski definition) is 2. The van der Waals surface area contributed by atoms with E-state index in [1.165, 1.54) is 0 Å². The van der Waals surface area contributed by atoms with Crippen LogP contribution in [-0.2, 0) is 26.7 Å². The summed E-state index contributed by atoms with van der Waals surface area (Å²) in [6.45, 7) is 0. The van der Waals surface area contributed by atoms with E-state index >= 15 is 0 Å². The van der Waals surface area contributed by atoms with Gasteiger partial charge in [0.2, 0.25) is 0 Å². The molecule has 0 saturated heterocycles. The number of halogens is 26. The van der Waals surface area contributed by atoms with Crippen LogP contribution in [0.3, 0.4) is 0 Å². The predicted molar refractivity (Wildman–Crippen MR) is 76.9 cm³/mol. The minimum Gasteiger partial charge on any atom is -0.477 e. The molecule has 0 saturated carbocycles. The first-order chi connectivity index (χ1) is 18.4. The zero-order valence-corrected chi connectivity index (χ0v) is 19.8. The molecule has 0 fully saturated rings. The van der Waals surface area contributed by atoms with Crippen molar-refractivity contribution in [2.75, 3.05) is 0 Å². The third kappa shape index (κ3) is 6.59. The zero-order chi connectivity index (χ0) is 37.2. The summed E-state index contributed by atoms with van der Waals surface area (Å²) in [7, 11) is 0. The average Bonchev–Trinajstić information content (AvgIpc) is 2.76. The van der Waals surface area contributed by atoms with Gasteiger partial charge in [-0.2, -0.15) is 114 Å². The van der Waals surface area contributed by atoms with Crippen LogP contribution in [0.1, 0.15) is 0 Å². The molecule has 0 atom stereocenters. The van der Waals surface area contributed by atoms with Crippen LogP contribution < -0.4 is 0 Å². The van der Waals surface area contributed by atoms with E-state index in [0.717, 1.165) is 0 Å². The predicted octanol–water partition coefficient (Wildman–Crippen LogP) is 7.62. The molecule has 0 aliphatic heterocycles.